The van der Waals surface area contributed by atoms with Crippen LogP contribution in [0.3, 0.4) is 0 Å². The van der Waals surface area contributed by atoms with Gasteiger partial charge in [0.2, 0.25) is 0 Å². The van der Waals surface area contributed by atoms with Gasteiger partial charge in [-0.3, -0.25) is 0 Å². The van der Waals surface area contributed by atoms with E-state index in [9.17, 15) is 4.79 Å². The van der Waals surface area contributed by atoms with Crippen molar-refractivity contribution >= 4 is 47.3 Å². The normalized spacial score (nSPS) is 16.1. The fourth-order valence-electron chi connectivity index (χ4n) is 2.87. The topological polar surface area (TPSA) is 62.8 Å². The van der Waals surface area contributed by atoms with Crippen molar-refractivity contribution in [3.8, 4) is 11.5 Å². The van der Waals surface area contributed by atoms with Crippen molar-refractivity contribution in [1.29, 1.82) is 0 Å². The number of piperazine rings is 1. The quantitative estimate of drug-likeness (QED) is 0.718. The molecule has 0 saturated carbocycles. The van der Waals surface area contributed by atoms with E-state index >= 15 is 0 Å². The Morgan fingerprint density at radius 1 is 1.21 bits per heavy atom. The first kappa shape index (κ1) is 22.4. The number of nitrogens with one attached hydrogen (secondary N) is 2. The average molecular weight is 447 g/mol. The van der Waals surface area contributed by atoms with Crippen molar-refractivity contribution < 1.29 is 14.3 Å². The van der Waals surface area contributed by atoms with Gasteiger partial charge in [-0.2, -0.15) is 0 Å². The SMILES string of the molecule is COc1ccccc1OCC1CNCCN1C(=O)Nc1ccc(Cl)c(Cl)c1.Cl. The van der Waals surface area contributed by atoms with Crippen LogP contribution < -0.4 is 20.1 Å². The summed E-state index contributed by atoms with van der Waals surface area (Å²) in [5, 5.41) is 7.00. The summed E-state index contributed by atoms with van der Waals surface area (Å²) in [4.78, 5) is 14.5. The molecule has 28 heavy (non-hydrogen) atoms. The predicted octanol–water partition coefficient (Wildman–Crippen LogP) is 4.31. The monoisotopic (exact) mass is 445 g/mol. The zero-order valence-corrected chi connectivity index (χ0v) is 17.6. The van der Waals surface area contributed by atoms with Gasteiger partial charge in [0.05, 0.1) is 23.2 Å². The highest BCUT2D eigenvalue weighted by atomic mass is 35.5. The molecule has 0 radical (unpaired) electrons. The minimum absolute atomic E-state index is 0. The number of amides is 2. The number of halogens is 3. The molecule has 2 aromatic rings. The van der Waals surface area contributed by atoms with E-state index in [1.54, 1.807) is 30.2 Å². The number of para-hydroxylation sites is 2. The number of rotatable bonds is 5. The molecule has 6 nitrogen and oxygen atoms in total. The Balaban J connectivity index is 0.00000280. The van der Waals surface area contributed by atoms with Crippen molar-refractivity contribution in [1.82, 2.24) is 10.2 Å². The fourth-order valence-corrected chi connectivity index (χ4v) is 3.17. The first-order valence-electron chi connectivity index (χ1n) is 8.57. The Hall–Kier alpha value is -1.86. The maximum atomic E-state index is 12.7. The molecule has 2 amide bonds. The highest BCUT2D eigenvalue weighted by Gasteiger charge is 2.27. The van der Waals surface area contributed by atoms with E-state index in [-0.39, 0.29) is 24.5 Å². The molecule has 1 atom stereocenters. The zero-order chi connectivity index (χ0) is 19.2. The summed E-state index contributed by atoms with van der Waals surface area (Å²) in [7, 11) is 1.60. The number of nitrogens with zero attached hydrogens (tertiary/aromatic N) is 1. The molecular formula is C19H22Cl3N3O3. The molecule has 2 aromatic carbocycles. The first-order valence-corrected chi connectivity index (χ1v) is 9.33. The second kappa shape index (κ2) is 10.6. The van der Waals surface area contributed by atoms with Gasteiger partial charge in [0.1, 0.15) is 6.61 Å². The van der Waals surface area contributed by atoms with E-state index in [1.807, 2.05) is 24.3 Å². The lowest BCUT2D eigenvalue weighted by molar-refractivity contribution is 0.131. The van der Waals surface area contributed by atoms with Crippen LogP contribution in [0.15, 0.2) is 42.5 Å². The van der Waals surface area contributed by atoms with Crippen LogP contribution in [-0.2, 0) is 0 Å². The maximum Gasteiger partial charge on any atom is 0.322 e. The molecule has 3 rings (SSSR count). The van der Waals surface area contributed by atoms with Gasteiger partial charge in [0.25, 0.3) is 0 Å². The summed E-state index contributed by atoms with van der Waals surface area (Å²) in [5.41, 5.74) is 0.595. The lowest BCUT2D eigenvalue weighted by Crippen LogP contribution is -2.57. The summed E-state index contributed by atoms with van der Waals surface area (Å²) in [5.74, 6) is 1.31. The van der Waals surface area contributed by atoms with Crippen molar-refractivity contribution in [3.05, 3.63) is 52.5 Å². The molecule has 1 aliphatic heterocycles. The molecule has 1 saturated heterocycles. The average Bonchev–Trinajstić information content (AvgIpc) is 2.69. The standard InChI is InChI=1S/C19H21Cl2N3O3.ClH/c1-26-17-4-2-3-5-18(17)27-12-14-11-22-8-9-24(14)19(25)23-13-6-7-15(20)16(21)10-13;/h2-7,10,14,22H,8-9,11-12H2,1H3,(H,23,25);1H. The third-order valence-electron chi connectivity index (χ3n) is 4.28. The van der Waals surface area contributed by atoms with Gasteiger partial charge in [-0.15, -0.1) is 12.4 Å². The largest absolute Gasteiger partial charge is 0.493 e. The van der Waals surface area contributed by atoms with E-state index in [4.69, 9.17) is 32.7 Å². The summed E-state index contributed by atoms with van der Waals surface area (Å²) in [6, 6.07) is 12.1. The van der Waals surface area contributed by atoms with Gasteiger partial charge in [0, 0.05) is 25.3 Å². The molecule has 2 N–H and O–H groups in total. The third-order valence-corrected chi connectivity index (χ3v) is 5.02. The van der Waals surface area contributed by atoms with Gasteiger partial charge in [0.15, 0.2) is 11.5 Å². The van der Waals surface area contributed by atoms with E-state index in [0.29, 0.717) is 46.9 Å². The number of urea groups is 1. The van der Waals surface area contributed by atoms with E-state index in [1.165, 1.54) is 0 Å². The summed E-state index contributed by atoms with van der Waals surface area (Å²) in [6.07, 6.45) is 0. The van der Waals surface area contributed by atoms with Crippen LogP contribution in [0.4, 0.5) is 10.5 Å². The molecule has 152 valence electrons. The highest BCUT2D eigenvalue weighted by molar-refractivity contribution is 6.42. The van der Waals surface area contributed by atoms with Crippen molar-refractivity contribution in [2.75, 3.05) is 38.7 Å². The van der Waals surface area contributed by atoms with Gasteiger partial charge < -0.3 is 25.0 Å². The number of ether oxygens (including phenoxy) is 2. The number of carbonyl (C=O) groups excluding carboxylic acids is 1. The van der Waals surface area contributed by atoms with Crippen LogP contribution in [0.1, 0.15) is 0 Å². The Morgan fingerprint density at radius 2 is 1.96 bits per heavy atom. The molecule has 9 heteroatoms. The van der Waals surface area contributed by atoms with Crippen LogP contribution in [0.25, 0.3) is 0 Å². The fraction of sp³-hybridized carbons (Fsp3) is 0.316. The molecule has 0 aliphatic carbocycles. The van der Waals surface area contributed by atoms with Crippen LogP contribution in [-0.4, -0.2) is 50.3 Å². The van der Waals surface area contributed by atoms with Gasteiger partial charge >= 0.3 is 6.03 Å². The van der Waals surface area contributed by atoms with Gasteiger partial charge in [-0.25, -0.2) is 4.79 Å². The third kappa shape index (κ3) is 5.58. The van der Waals surface area contributed by atoms with Crippen LogP contribution in [0.5, 0.6) is 11.5 Å². The van der Waals surface area contributed by atoms with Gasteiger partial charge in [-0.05, 0) is 30.3 Å². The zero-order valence-electron chi connectivity index (χ0n) is 15.3. The lowest BCUT2D eigenvalue weighted by atomic mass is 10.2. The number of methoxy groups -OCH3 is 1. The molecule has 0 aromatic heterocycles. The van der Waals surface area contributed by atoms with E-state index in [0.717, 1.165) is 6.54 Å². The molecule has 1 heterocycles. The second-order valence-corrected chi connectivity index (χ2v) is 6.89. The smallest absolute Gasteiger partial charge is 0.322 e. The first-order chi connectivity index (χ1) is 13.1. The number of benzene rings is 2. The van der Waals surface area contributed by atoms with E-state index < -0.39 is 0 Å². The number of anilines is 1. The second-order valence-electron chi connectivity index (χ2n) is 6.07. The minimum Gasteiger partial charge on any atom is -0.493 e. The molecule has 0 bridgehead atoms. The van der Waals surface area contributed by atoms with Crippen molar-refractivity contribution in [2.45, 2.75) is 6.04 Å². The molecule has 0 spiro atoms. The predicted molar refractivity (Wildman–Crippen MR) is 115 cm³/mol. The molecular weight excluding hydrogens is 425 g/mol. The molecule has 1 aliphatic rings. The summed E-state index contributed by atoms with van der Waals surface area (Å²) < 4.78 is 11.2. The molecule has 1 fully saturated rings. The Morgan fingerprint density at radius 3 is 2.68 bits per heavy atom. The number of hydrogen-bond donors (Lipinski definition) is 2. The summed E-state index contributed by atoms with van der Waals surface area (Å²) >= 11 is 11.9. The molecule has 1 unspecified atom stereocenters. The Kier molecular flexibility index (Phi) is 8.51. The maximum absolute atomic E-state index is 12.7. The lowest BCUT2D eigenvalue weighted by Gasteiger charge is -2.36. The van der Waals surface area contributed by atoms with E-state index in [2.05, 4.69) is 10.6 Å². The summed E-state index contributed by atoms with van der Waals surface area (Å²) in [6.45, 7) is 2.29. The Labute approximate surface area is 180 Å². The number of carbonyl (C=O) groups is 1. The van der Waals surface area contributed by atoms with Crippen molar-refractivity contribution in [3.63, 3.8) is 0 Å². The van der Waals surface area contributed by atoms with Gasteiger partial charge in [-0.1, -0.05) is 35.3 Å². The highest BCUT2D eigenvalue weighted by Crippen LogP contribution is 2.27. The Bertz CT molecular complexity index is 807. The van der Waals surface area contributed by atoms with Crippen LogP contribution in [0.2, 0.25) is 10.0 Å². The van der Waals surface area contributed by atoms with Crippen molar-refractivity contribution in [2.24, 2.45) is 0 Å². The minimum atomic E-state index is -0.205. The van der Waals surface area contributed by atoms with Crippen LogP contribution in [0, 0.1) is 0 Å². The number of hydrogen-bond acceptors (Lipinski definition) is 4. The van der Waals surface area contributed by atoms with Crippen LogP contribution >= 0.6 is 35.6 Å².